The highest BCUT2D eigenvalue weighted by Gasteiger charge is 2.15. The molecule has 1 aromatic heterocycles. The molecule has 0 saturated carbocycles. The van der Waals surface area contributed by atoms with Crippen LogP contribution in [0, 0.1) is 0 Å². The van der Waals surface area contributed by atoms with Crippen LogP contribution in [0.25, 0.3) is 0 Å². The highest BCUT2D eigenvalue weighted by atomic mass is 32.2. The second kappa shape index (κ2) is 5.61. The van der Waals surface area contributed by atoms with Crippen LogP contribution in [-0.4, -0.2) is 36.3 Å². The van der Waals surface area contributed by atoms with E-state index in [1.165, 1.54) is 30.5 Å². The molecule has 0 radical (unpaired) electrons. The molecular weight excluding hydrogens is 286 g/mol. The Hall–Kier alpha value is -2.55. The van der Waals surface area contributed by atoms with Crippen molar-refractivity contribution in [2.24, 2.45) is 0 Å². The molecule has 1 heterocycles. The number of aromatic nitrogens is 2. The van der Waals surface area contributed by atoms with Crippen LogP contribution >= 0.6 is 0 Å². The van der Waals surface area contributed by atoms with Crippen molar-refractivity contribution in [3.63, 3.8) is 0 Å². The normalized spacial score (nSPS) is 11.0. The zero-order valence-corrected chi connectivity index (χ0v) is 10.9. The Bertz CT molecular complexity index is 697. The molecule has 8 nitrogen and oxygen atoms in total. The number of carboxylic acid groups (broad SMARTS) is 1. The summed E-state index contributed by atoms with van der Waals surface area (Å²) < 4.78 is 31.1. The molecule has 0 aliphatic rings. The molecule has 0 aliphatic carbocycles. The van der Waals surface area contributed by atoms with E-state index in [1.807, 2.05) is 0 Å². The molecule has 106 valence electrons. The number of anilines is 1. The molecule has 0 saturated heterocycles. The van der Waals surface area contributed by atoms with Gasteiger partial charge in [-0.15, -0.1) is 0 Å². The number of benzene rings is 1. The molecule has 1 aromatic carbocycles. The summed E-state index contributed by atoms with van der Waals surface area (Å²) in [6.07, 6.45) is 1.32. The predicted molar refractivity (Wildman–Crippen MR) is 69.0 cm³/mol. The number of nitrogens with zero attached hydrogens (tertiary/aromatic N) is 1. The minimum Gasteiger partial charge on any atom is -0.482 e. The number of rotatable bonds is 6. The molecule has 3 N–H and O–H groups in total. The molecule has 0 aliphatic heterocycles. The van der Waals surface area contributed by atoms with Crippen LogP contribution in [0.5, 0.6) is 5.75 Å². The van der Waals surface area contributed by atoms with Crippen LogP contribution in [-0.2, 0) is 14.8 Å². The van der Waals surface area contributed by atoms with Crippen molar-refractivity contribution in [1.82, 2.24) is 10.2 Å². The molecule has 0 bridgehead atoms. The van der Waals surface area contributed by atoms with Gasteiger partial charge < -0.3 is 9.84 Å². The quantitative estimate of drug-likeness (QED) is 0.720. The number of ether oxygens (including phenoxy) is 1. The zero-order valence-electron chi connectivity index (χ0n) is 10.1. The van der Waals surface area contributed by atoms with E-state index in [9.17, 15) is 13.2 Å². The fourth-order valence-electron chi connectivity index (χ4n) is 1.40. The van der Waals surface area contributed by atoms with Gasteiger partial charge in [0.1, 0.15) is 5.75 Å². The van der Waals surface area contributed by atoms with Gasteiger partial charge in [0, 0.05) is 6.07 Å². The average molecular weight is 297 g/mol. The van der Waals surface area contributed by atoms with Crippen LogP contribution in [0.1, 0.15) is 0 Å². The summed E-state index contributed by atoms with van der Waals surface area (Å²) in [4.78, 5) is 10.4. The number of hydrogen-bond donors (Lipinski definition) is 3. The molecular formula is C11H11N3O5S. The van der Waals surface area contributed by atoms with E-state index in [-0.39, 0.29) is 16.5 Å². The van der Waals surface area contributed by atoms with Gasteiger partial charge in [-0.1, -0.05) is 6.07 Å². The van der Waals surface area contributed by atoms with Crippen molar-refractivity contribution < 1.29 is 23.1 Å². The number of hydrogen-bond acceptors (Lipinski definition) is 5. The summed E-state index contributed by atoms with van der Waals surface area (Å²) >= 11 is 0. The lowest BCUT2D eigenvalue weighted by Crippen LogP contribution is -2.14. The van der Waals surface area contributed by atoms with Gasteiger partial charge in [0.2, 0.25) is 0 Å². The summed E-state index contributed by atoms with van der Waals surface area (Å²) in [5.41, 5.74) is 0.252. The van der Waals surface area contributed by atoms with Crippen LogP contribution in [0.4, 0.5) is 5.69 Å². The van der Waals surface area contributed by atoms with E-state index in [0.29, 0.717) is 0 Å². The molecule has 2 aromatic rings. The minimum absolute atomic E-state index is 0.0747. The van der Waals surface area contributed by atoms with Crippen molar-refractivity contribution in [2.75, 3.05) is 11.3 Å². The topological polar surface area (TPSA) is 121 Å². The molecule has 2 rings (SSSR count). The molecule has 20 heavy (non-hydrogen) atoms. The van der Waals surface area contributed by atoms with E-state index in [4.69, 9.17) is 9.84 Å². The Morgan fingerprint density at radius 3 is 2.85 bits per heavy atom. The van der Waals surface area contributed by atoms with E-state index in [2.05, 4.69) is 14.9 Å². The van der Waals surface area contributed by atoms with Gasteiger partial charge in [-0.2, -0.15) is 13.5 Å². The number of nitrogens with one attached hydrogen (secondary N) is 2. The number of carbonyl (C=O) groups is 1. The summed E-state index contributed by atoms with van der Waals surface area (Å²) in [6, 6.07) is 7.28. The molecule has 0 amide bonds. The molecule has 0 fully saturated rings. The maximum absolute atomic E-state index is 11.9. The van der Waals surface area contributed by atoms with Crippen molar-refractivity contribution >= 4 is 21.7 Å². The summed E-state index contributed by atoms with van der Waals surface area (Å²) in [5.74, 6) is -0.870. The lowest BCUT2D eigenvalue weighted by Gasteiger charge is -2.08. The Morgan fingerprint density at radius 2 is 2.20 bits per heavy atom. The highest BCUT2D eigenvalue weighted by molar-refractivity contribution is 7.92. The number of carboxylic acids is 1. The second-order valence-corrected chi connectivity index (χ2v) is 5.39. The first kappa shape index (κ1) is 13.9. The van der Waals surface area contributed by atoms with Gasteiger partial charge in [-0.05, 0) is 18.2 Å². The van der Waals surface area contributed by atoms with Crippen LogP contribution in [0.2, 0.25) is 0 Å². The van der Waals surface area contributed by atoms with Crippen LogP contribution in [0.15, 0.2) is 41.6 Å². The average Bonchev–Trinajstić information content (AvgIpc) is 2.91. The Kier molecular flexibility index (Phi) is 3.89. The minimum atomic E-state index is -3.76. The van der Waals surface area contributed by atoms with Gasteiger partial charge in [0.15, 0.2) is 11.6 Å². The Labute approximate surface area is 114 Å². The maximum Gasteiger partial charge on any atom is 0.341 e. The maximum atomic E-state index is 11.9. The van der Waals surface area contributed by atoms with Gasteiger partial charge >= 0.3 is 5.97 Å². The summed E-state index contributed by atoms with van der Waals surface area (Å²) in [7, 11) is -3.76. The monoisotopic (exact) mass is 297 g/mol. The third kappa shape index (κ3) is 3.48. The van der Waals surface area contributed by atoms with Gasteiger partial charge in [0.25, 0.3) is 10.0 Å². The lowest BCUT2D eigenvalue weighted by molar-refractivity contribution is -0.139. The number of aromatic amines is 1. The molecule has 0 spiro atoms. The van der Waals surface area contributed by atoms with E-state index >= 15 is 0 Å². The van der Waals surface area contributed by atoms with E-state index in [1.54, 1.807) is 6.07 Å². The third-order valence-electron chi connectivity index (χ3n) is 2.21. The second-order valence-electron chi connectivity index (χ2n) is 3.74. The van der Waals surface area contributed by atoms with Gasteiger partial charge in [0.05, 0.1) is 11.9 Å². The van der Waals surface area contributed by atoms with Crippen molar-refractivity contribution in [1.29, 1.82) is 0 Å². The summed E-state index contributed by atoms with van der Waals surface area (Å²) in [5, 5.41) is 14.3. The SMILES string of the molecule is O=C(O)COc1cccc(NS(=O)(=O)c2ccn[nH]2)c1. The van der Waals surface area contributed by atoms with Crippen molar-refractivity contribution in [3.05, 3.63) is 36.5 Å². The van der Waals surface area contributed by atoms with Crippen LogP contribution < -0.4 is 9.46 Å². The smallest absolute Gasteiger partial charge is 0.341 e. The first-order chi connectivity index (χ1) is 9.47. The van der Waals surface area contributed by atoms with Crippen molar-refractivity contribution in [3.8, 4) is 5.75 Å². The Balaban J connectivity index is 2.14. The highest BCUT2D eigenvalue weighted by Crippen LogP contribution is 2.20. The van der Waals surface area contributed by atoms with Crippen LogP contribution in [0.3, 0.4) is 0 Å². The fourth-order valence-corrected chi connectivity index (χ4v) is 2.36. The number of H-pyrrole nitrogens is 1. The molecule has 9 heteroatoms. The summed E-state index contributed by atoms with van der Waals surface area (Å²) in [6.45, 7) is -0.503. The van der Waals surface area contributed by atoms with E-state index in [0.717, 1.165) is 0 Å². The fraction of sp³-hybridized carbons (Fsp3) is 0.0909. The third-order valence-corrected chi connectivity index (χ3v) is 3.52. The van der Waals surface area contributed by atoms with Gasteiger partial charge in [-0.3, -0.25) is 9.82 Å². The van der Waals surface area contributed by atoms with Gasteiger partial charge in [-0.25, -0.2) is 4.79 Å². The molecule has 0 unspecified atom stereocenters. The lowest BCUT2D eigenvalue weighted by atomic mass is 10.3. The standard InChI is InChI=1S/C11H11N3O5S/c15-11(16)7-19-9-3-1-2-8(6-9)14-20(17,18)10-4-5-12-13-10/h1-6,14H,7H2,(H,12,13)(H,15,16). The molecule has 0 atom stereocenters. The number of sulfonamides is 1. The number of aliphatic carboxylic acids is 1. The predicted octanol–water partition coefficient (Wildman–Crippen LogP) is 0.674. The zero-order chi connectivity index (χ0) is 14.6. The van der Waals surface area contributed by atoms with Crippen molar-refractivity contribution in [2.45, 2.75) is 5.03 Å². The first-order valence-electron chi connectivity index (χ1n) is 5.44. The van der Waals surface area contributed by atoms with E-state index < -0.39 is 22.6 Å². The largest absolute Gasteiger partial charge is 0.482 e. The Morgan fingerprint density at radius 1 is 1.40 bits per heavy atom. The first-order valence-corrected chi connectivity index (χ1v) is 6.92.